The number of aryl methyl sites for hydroxylation is 1. The van der Waals surface area contributed by atoms with Gasteiger partial charge in [0.05, 0.1) is 0 Å². The molecule has 2 aromatic rings. The quantitative estimate of drug-likeness (QED) is 0.730. The number of rotatable bonds is 9. The van der Waals surface area contributed by atoms with E-state index >= 15 is 0 Å². The van der Waals surface area contributed by atoms with Crippen LogP contribution in [0.4, 0.5) is 0 Å². The van der Waals surface area contributed by atoms with E-state index in [1.165, 1.54) is 5.56 Å². The molecule has 2 amide bonds. The summed E-state index contributed by atoms with van der Waals surface area (Å²) < 4.78 is 0. The molecule has 0 spiro atoms. The lowest BCUT2D eigenvalue weighted by atomic mass is 10.0. The van der Waals surface area contributed by atoms with Crippen LogP contribution < -0.4 is 5.32 Å². The van der Waals surface area contributed by atoms with Crippen molar-refractivity contribution in [3.8, 4) is 0 Å². The molecule has 0 bridgehead atoms. The Kier molecular flexibility index (Phi) is 8.05. The molecule has 144 valence electrons. The van der Waals surface area contributed by atoms with Crippen LogP contribution in [-0.4, -0.2) is 30.3 Å². The average Bonchev–Trinajstić information content (AvgIpc) is 2.66. The van der Waals surface area contributed by atoms with E-state index in [1.807, 2.05) is 62.4 Å². The third kappa shape index (κ3) is 6.89. The first-order valence-electron chi connectivity index (χ1n) is 9.60. The Balaban J connectivity index is 2.00. The second-order valence-electron chi connectivity index (χ2n) is 7.36. The molecule has 0 aliphatic rings. The number of nitrogens with zero attached hydrogens (tertiary/aromatic N) is 1. The van der Waals surface area contributed by atoms with Crippen molar-refractivity contribution in [2.75, 3.05) is 13.6 Å². The summed E-state index contributed by atoms with van der Waals surface area (Å²) in [5, 5.41) is 2.92. The van der Waals surface area contributed by atoms with Crippen molar-refractivity contribution in [1.29, 1.82) is 0 Å². The minimum atomic E-state index is -0.640. The lowest BCUT2D eigenvalue weighted by molar-refractivity contribution is -0.135. The summed E-state index contributed by atoms with van der Waals surface area (Å²) in [5.41, 5.74) is 2.08. The predicted molar refractivity (Wildman–Crippen MR) is 109 cm³/mol. The molecule has 0 saturated carbocycles. The monoisotopic (exact) mass is 366 g/mol. The van der Waals surface area contributed by atoms with Crippen LogP contribution in [0.15, 0.2) is 60.7 Å². The Morgan fingerprint density at radius 3 is 2.15 bits per heavy atom. The van der Waals surface area contributed by atoms with Crippen LogP contribution in [0.1, 0.15) is 43.9 Å². The maximum atomic E-state index is 13.0. The topological polar surface area (TPSA) is 49.4 Å². The molecule has 2 rings (SSSR count). The predicted octanol–water partition coefficient (Wildman–Crippen LogP) is 3.98. The summed E-state index contributed by atoms with van der Waals surface area (Å²) in [6, 6.07) is 19.1. The van der Waals surface area contributed by atoms with E-state index in [9.17, 15) is 9.59 Å². The summed E-state index contributed by atoms with van der Waals surface area (Å²) in [5.74, 6) is 0.0800. The number of carbonyl (C=O) groups is 2. The van der Waals surface area contributed by atoms with Crippen molar-refractivity contribution in [3.05, 3.63) is 71.8 Å². The molecule has 1 unspecified atom stereocenters. The second kappa shape index (κ2) is 10.5. The van der Waals surface area contributed by atoms with Crippen LogP contribution in [0.3, 0.4) is 0 Å². The van der Waals surface area contributed by atoms with E-state index in [0.29, 0.717) is 13.0 Å². The first-order chi connectivity index (χ1) is 13.0. The molecule has 0 aliphatic carbocycles. The Bertz CT molecular complexity index is 714. The van der Waals surface area contributed by atoms with Crippen LogP contribution in [-0.2, 0) is 16.0 Å². The van der Waals surface area contributed by atoms with Gasteiger partial charge in [0.1, 0.15) is 6.04 Å². The molecule has 4 heteroatoms. The number of nitrogens with one attached hydrogen (secondary N) is 1. The highest BCUT2D eigenvalue weighted by atomic mass is 16.2. The van der Waals surface area contributed by atoms with Crippen LogP contribution in [0.25, 0.3) is 0 Å². The van der Waals surface area contributed by atoms with Crippen molar-refractivity contribution in [2.24, 2.45) is 5.92 Å². The number of hydrogen-bond donors (Lipinski definition) is 1. The molecular formula is C23H30N2O2. The Morgan fingerprint density at radius 2 is 1.56 bits per heavy atom. The van der Waals surface area contributed by atoms with E-state index in [-0.39, 0.29) is 17.7 Å². The Labute approximate surface area is 162 Å². The van der Waals surface area contributed by atoms with Gasteiger partial charge in [-0.1, -0.05) is 74.5 Å². The van der Waals surface area contributed by atoms with Gasteiger partial charge in [-0.05, 0) is 29.9 Å². The third-order valence-corrected chi connectivity index (χ3v) is 4.46. The van der Waals surface area contributed by atoms with Gasteiger partial charge in [0, 0.05) is 20.0 Å². The van der Waals surface area contributed by atoms with Gasteiger partial charge in [0.15, 0.2) is 0 Å². The third-order valence-electron chi connectivity index (χ3n) is 4.46. The number of amides is 2. The van der Waals surface area contributed by atoms with Gasteiger partial charge < -0.3 is 10.2 Å². The van der Waals surface area contributed by atoms with Crippen molar-refractivity contribution in [3.63, 3.8) is 0 Å². The first-order valence-corrected chi connectivity index (χ1v) is 9.60. The van der Waals surface area contributed by atoms with Gasteiger partial charge in [0.2, 0.25) is 11.8 Å². The highest BCUT2D eigenvalue weighted by molar-refractivity contribution is 5.88. The van der Waals surface area contributed by atoms with Gasteiger partial charge in [-0.25, -0.2) is 0 Å². The molecule has 0 radical (unpaired) electrons. The summed E-state index contributed by atoms with van der Waals surface area (Å²) in [6.07, 6.45) is 2.22. The molecule has 1 atom stereocenters. The number of benzene rings is 2. The molecule has 0 fully saturated rings. The van der Waals surface area contributed by atoms with Gasteiger partial charge >= 0.3 is 0 Å². The SMILES string of the molecule is CC(C)CC(=O)NC(C(=O)N(C)CCCc1ccccc1)c1ccccc1. The molecular weight excluding hydrogens is 336 g/mol. The van der Waals surface area contributed by atoms with Gasteiger partial charge in [-0.2, -0.15) is 0 Å². The van der Waals surface area contributed by atoms with E-state index < -0.39 is 6.04 Å². The lowest BCUT2D eigenvalue weighted by Gasteiger charge is -2.25. The summed E-state index contributed by atoms with van der Waals surface area (Å²) in [6.45, 7) is 4.64. The molecule has 27 heavy (non-hydrogen) atoms. The Hall–Kier alpha value is -2.62. The largest absolute Gasteiger partial charge is 0.344 e. The second-order valence-corrected chi connectivity index (χ2v) is 7.36. The van der Waals surface area contributed by atoms with Gasteiger partial charge in [-0.3, -0.25) is 9.59 Å². The fourth-order valence-electron chi connectivity index (χ4n) is 3.02. The van der Waals surface area contributed by atoms with E-state index in [0.717, 1.165) is 18.4 Å². The maximum Gasteiger partial charge on any atom is 0.249 e. The summed E-state index contributed by atoms with van der Waals surface area (Å²) in [4.78, 5) is 27.0. The summed E-state index contributed by atoms with van der Waals surface area (Å²) in [7, 11) is 1.80. The molecule has 1 N–H and O–H groups in total. The van der Waals surface area contributed by atoms with Crippen molar-refractivity contribution < 1.29 is 9.59 Å². The average molecular weight is 367 g/mol. The molecule has 0 aliphatic heterocycles. The highest BCUT2D eigenvalue weighted by Crippen LogP contribution is 2.17. The fraction of sp³-hybridized carbons (Fsp3) is 0.391. The number of carbonyl (C=O) groups excluding carboxylic acids is 2. The molecule has 0 saturated heterocycles. The van der Waals surface area contributed by atoms with Crippen LogP contribution in [0, 0.1) is 5.92 Å². The lowest BCUT2D eigenvalue weighted by Crippen LogP contribution is -2.42. The minimum Gasteiger partial charge on any atom is -0.344 e. The maximum absolute atomic E-state index is 13.0. The molecule has 0 aromatic heterocycles. The zero-order valence-corrected chi connectivity index (χ0v) is 16.5. The van der Waals surface area contributed by atoms with Crippen LogP contribution in [0.5, 0.6) is 0 Å². The van der Waals surface area contributed by atoms with Crippen LogP contribution in [0.2, 0.25) is 0 Å². The van der Waals surface area contributed by atoms with E-state index in [2.05, 4.69) is 17.4 Å². The number of likely N-dealkylation sites (N-methyl/N-ethyl adjacent to an activating group) is 1. The zero-order valence-electron chi connectivity index (χ0n) is 16.5. The van der Waals surface area contributed by atoms with Gasteiger partial charge in [-0.15, -0.1) is 0 Å². The molecule has 4 nitrogen and oxygen atoms in total. The molecule has 2 aromatic carbocycles. The zero-order chi connectivity index (χ0) is 19.6. The highest BCUT2D eigenvalue weighted by Gasteiger charge is 2.25. The van der Waals surface area contributed by atoms with Crippen LogP contribution >= 0.6 is 0 Å². The smallest absolute Gasteiger partial charge is 0.249 e. The number of hydrogen-bond acceptors (Lipinski definition) is 2. The summed E-state index contributed by atoms with van der Waals surface area (Å²) >= 11 is 0. The van der Waals surface area contributed by atoms with E-state index in [4.69, 9.17) is 0 Å². The first kappa shape index (κ1) is 20.7. The normalized spacial score (nSPS) is 11.9. The van der Waals surface area contributed by atoms with Crippen molar-refractivity contribution in [1.82, 2.24) is 10.2 Å². The van der Waals surface area contributed by atoms with Crippen molar-refractivity contribution >= 4 is 11.8 Å². The Morgan fingerprint density at radius 1 is 0.963 bits per heavy atom. The van der Waals surface area contributed by atoms with Gasteiger partial charge in [0.25, 0.3) is 0 Å². The van der Waals surface area contributed by atoms with E-state index in [1.54, 1.807) is 11.9 Å². The molecule has 0 heterocycles. The fourth-order valence-corrected chi connectivity index (χ4v) is 3.02. The standard InChI is InChI=1S/C23H30N2O2/c1-18(2)17-21(26)24-22(20-14-8-5-9-15-20)23(27)25(3)16-10-13-19-11-6-4-7-12-19/h4-9,11-12,14-15,18,22H,10,13,16-17H2,1-3H3,(H,24,26). The van der Waals surface area contributed by atoms with Crippen molar-refractivity contribution in [2.45, 2.75) is 39.2 Å². The minimum absolute atomic E-state index is 0.0774.